The first kappa shape index (κ1) is 26.2. The number of anilines is 3. The highest BCUT2D eigenvalue weighted by molar-refractivity contribution is 6.21. The van der Waals surface area contributed by atoms with Crippen LogP contribution in [-0.4, -0.2) is 9.55 Å². The van der Waals surface area contributed by atoms with E-state index in [1.54, 1.807) is 0 Å². The van der Waals surface area contributed by atoms with Crippen LogP contribution in [-0.2, 0) is 6.42 Å². The Morgan fingerprint density at radius 3 is 1.83 bits per heavy atom. The second-order valence-electron chi connectivity index (χ2n) is 11.8. The van der Waals surface area contributed by atoms with Crippen molar-refractivity contribution in [2.75, 3.05) is 4.90 Å². The molecule has 4 heteroatoms. The number of hydrogen-bond donors (Lipinski definition) is 0. The Kier molecular flexibility index (Phi) is 5.81. The number of imidazole rings is 1. The fourth-order valence-electron chi connectivity index (χ4n) is 7.33. The molecule has 8 aromatic rings. The van der Waals surface area contributed by atoms with E-state index in [4.69, 9.17) is 4.98 Å². The Hall–Kier alpha value is -6.18. The van der Waals surface area contributed by atoms with Gasteiger partial charge in [-0.1, -0.05) is 97.9 Å². The van der Waals surface area contributed by atoms with Crippen molar-refractivity contribution in [2.45, 2.75) is 13.3 Å². The molecule has 1 aliphatic heterocycles. The lowest BCUT2D eigenvalue weighted by atomic mass is 9.85. The third-order valence-corrected chi connectivity index (χ3v) is 9.28. The van der Waals surface area contributed by atoms with Gasteiger partial charge in [0.15, 0.2) is 0 Å². The summed E-state index contributed by atoms with van der Waals surface area (Å²) in [6.07, 6.45) is 0.828. The molecule has 0 N–H and O–H groups in total. The molecule has 0 fully saturated rings. The van der Waals surface area contributed by atoms with Crippen LogP contribution in [0.5, 0.6) is 0 Å². The van der Waals surface area contributed by atoms with Crippen molar-refractivity contribution in [1.29, 1.82) is 5.26 Å². The van der Waals surface area contributed by atoms with E-state index in [1.165, 1.54) is 32.7 Å². The fourth-order valence-corrected chi connectivity index (χ4v) is 7.33. The molecular formula is C42H28N4. The van der Waals surface area contributed by atoms with Crippen molar-refractivity contribution in [3.8, 4) is 34.0 Å². The number of nitrogens with zero attached hydrogens (tertiary/aromatic N) is 4. The average molecular weight is 589 g/mol. The van der Waals surface area contributed by atoms with Crippen LogP contribution in [0, 0.1) is 11.3 Å². The molecule has 0 aliphatic carbocycles. The van der Waals surface area contributed by atoms with E-state index in [0.29, 0.717) is 5.56 Å². The minimum Gasteiger partial charge on any atom is -0.306 e. The SMILES string of the molecule is CCc1nc2cccc3c2n1-c1cc(-c2c4ccccc4c(-c4ccc(C#N)cc4)c4ccccc24)ccc1N3c1ccccc1. The van der Waals surface area contributed by atoms with E-state index >= 15 is 0 Å². The number of hydrogen-bond acceptors (Lipinski definition) is 3. The molecule has 9 rings (SSSR count). The molecule has 216 valence electrons. The van der Waals surface area contributed by atoms with Gasteiger partial charge >= 0.3 is 0 Å². The first-order valence-corrected chi connectivity index (χ1v) is 15.7. The summed E-state index contributed by atoms with van der Waals surface area (Å²) in [5.74, 6) is 1.06. The van der Waals surface area contributed by atoms with Gasteiger partial charge < -0.3 is 4.90 Å². The summed E-state index contributed by atoms with van der Waals surface area (Å²) in [5, 5.41) is 14.2. The van der Waals surface area contributed by atoms with Crippen LogP contribution in [0.2, 0.25) is 0 Å². The number of rotatable bonds is 4. The van der Waals surface area contributed by atoms with Crippen LogP contribution in [0.15, 0.2) is 140 Å². The first-order valence-electron chi connectivity index (χ1n) is 15.7. The van der Waals surface area contributed by atoms with Gasteiger partial charge in [-0.05, 0) is 92.3 Å². The Morgan fingerprint density at radius 1 is 0.587 bits per heavy atom. The van der Waals surface area contributed by atoms with Crippen LogP contribution in [0.3, 0.4) is 0 Å². The predicted molar refractivity (Wildman–Crippen MR) is 189 cm³/mol. The van der Waals surface area contributed by atoms with Crippen molar-refractivity contribution in [1.82, 2.24) is 9.55 Å². The molecule has 0 amide bonds. The number of para-hydroxylation sites is 2. The lowest BCUT2D eigenvalue weighted by molar-refractivity contribution is 0.901. The Morgan fingerprint density at radius 2 is 1.20 bits per heavy atom. The standard InChI is InChI=1S/C42H28N4/c1-2-39-44-35-17-10-18-37-42(35)46(39)38-25-29(23-24-36(38)45(37)30-11-4-3-5-12-30)41-33-15-8-6-13-31(33)40(32-14-7-9-16-34(32)41)28-21-19-27(26-43)20-22-28/h3-25H,2H2,1H3. The van der Waals surface area contributed by atoms with E-state index in [1.807, 2.05) is 12.1 Å². The summed E-state index contributed by atoms with van der Waals surface area (Å²) >= 11 is 0. The summed E-state index contributed by atoms with van der Waals surface area (Å²) in [6.45, 7) is 2.18. The van der Waals surface area contributed by atoms with Gasteiger partial charge in [0.05, 0.1) is 39.7 Å². The van der Waals surface area contributed by atoms with Crippen LogP contribution in [0.4, 0.5) is 17.1 Å². The van der Waals surface area contributed by atoms with Crippen LogP contribution in [0.25, 0.3) is 60.5 Å². The van der Waals surface area contributed by atoms with Crippen LogP contribution >= 0.6 is 0 Å². The van der Waals surface area contributed by atoms with Crippen molar-refractivity contribution in [2.24, 2.45) is 0 Å². The zero-order chi connectivity index (χ0) is 30.8. The van der Waals surface area contributed by atoms with E-state index in [2.05, 4.69) is 150 Å². The van der Waals surface area contributed by atoms with Gasteiger partial charge in [-0.25, -0.2) is 4.98 Å². The monoisotopic (exact) mass is 588 g/mol. The Bertz CT molecular complexity index is 2460. The zero-order valence-electron chi connectivity index (χ0n) is 25.3. The highest BCUT2D eigenvalue weighted by Crippen LogP contribution is 2.50. The van der Waals surface area contributed by atoms with Crippen molar-refractivity contribution in [3.63, 3.8) is 0 Å². The summed E-state index contributed by atoms with van der Waals surface area (Å²) in [7, 11) is 0. The van der Waals surface area contributed by atoms with Gasteiger partial charge in [0.1, 0.15) is 5.82 Å². The summed E-state index contributed by atoms with van der Waals surface area (Å²) in [4.78, 5) is 7.47. The van der Waals surface area contributed by atoms with E-state index in [9.17, 15) is 5.26 Å². The third-order valence-electron chi connectivity index (χ3n) is 9.28. The van der Waals surface area contributed by atoms with Gasteiger partial charge in [0.2, 0.25) is 0 Å². The summed E-state index contributed by atoms with van der Waals surface area (Å²) in [6, 6.07) is 51.6. The second-order valence-corrected chi connectivity index (χ2v) is 11.8. The molecule has 0 atom stereocenters. The van der Waals surface area contributed by atoms with E-state index < -0.39 is 0 Å². The number of nitriles is 1. The highest BCUT2D eigenvalue weighted by atomic mass is 15.2. The normalized spacial score (nSPS) is 12.0. The molecule has 1 aromatic heterocycles. The molecule has 4 nitrogen and oxygen atoms in total. The summed E-state index contributed by atoms with van der Waals surface area (Å²) < 4.78 is 2.37. The molecule has 0 saturated carbocycles. The number of aryl methyl sites for hydroxylation is 1. The minimum atomic E-state index is 0.661. The largest absolute Gasteiger partial charge is 0.306 e. The lowest BCUT2D eigenvalue weighted by Gasteiger charge is -2.33. The number of benzene rings is 7. The van der Waals surface area contributed by atoms with Crippen molar-refractivity contribution < 1.29 is 0 Å². The highest BCUT2D eigenvalue weighted by Gasteiger charge is 2.29. The van der Waals surface area contributed by atoms with Gasteiger partial charge in [-0.3, -0.25) is 4.57 Å². The molecule has 0 spiro atoms. The molecule has 46 heavy (non-hydrogen) atoms. The minimum absolute atomic E-state index is 0.661. The maximum Gasteiger partial charge on any atom is 0.114 e. The van der Waals surface area contributed by atoms with Gasteiger partial charge in [-0.2, -0.15) is 5.26 Å². The topological polar surface area (TPSA) is 44.9 Å². The Labute approximate surface area is 267 Å². The first-order chi connectivity index (χ1) is 22.7. The Balaban J connectivity index is 1.36. The zero-order valence-corrected chi connectivity index (χ0v) is 25.3. The molecule has 7 aromatic carbocycles. The van der Waals surface area contributed by atoms with Gasteiger partial charge in [0.25, 0.3) is 0 Å². The van der Waals surface area contributed by atoms with E-state index in [0.717, 1.165) is 57.2 Å². The number of aromatic nitrogens is 2. The van der Waals surface area contributed by atoms with Crippen LogP contribution in [0.1, 0.15) is 18.3 Å². The molecule has 0 radical (unpaired) electrons. The quantitative estimate of drug-likeness (QED) is 0.192. The van der Waals surface area contributed by atoms with E-state index in [-0.39, 0.29) is 0 Å². The second kappa shape index (κ2) is 10.2. The van der Waals surface area contributed by atoms with Crippen molar-refractivity contribution in [3.05, 3.63) is 151 Å². The molecular weight excluding hydrogens is 560 g/mol. The number of fused-ring (bicyclic) bond motifs is 4. The van der Waals surface area contributed by atoms with Crippen LogP contribution < -0.4 is 4.90 Å². The molecule has 0 saturated heterocycles. The molecule has 0 unspecified atom stereocenters. The predicted octanol–water partition coefficient (Wildman–Crippen LogP) is 10.9. The van der Waals surface area contributed by atoms with Gasteiger partial charge in [0, 0.05) is 12.1 Å². The average Bonchev–Trinajstić information content (AvgIpc) is 3.51. The summed E-state index contributed by atoms with van der Waals surface area (Å²) in [5.41, 5.74) is 12.0. The maximum absolute atomic E-state index is 9.43. The smallest absolute Gasteiger partial charge is 0.114 e. The fraction of sp³-hybridized carbons (Fsp3) is 0.0476. The lowest BCUT2D eigenvalue weighted by Crippen LogP contribution is -2.19. The molecule has 0 bridgehead atoms. The van der Waals surface area contributed by atoms with Crippen molar-refractivity contribution >= 4 is 49.6 Å². The maximum atomic E-state index is 9.43. The van der Waals surface area contributed by atoms with Gasteiger partial charge in [-0.15, -0.1) is 0 Å². The molecule has 2 heterocycles. The third kappa shape index (κ3) is 3.76. The molecule has 1 aliphatic rings.